The summed E-state index contributed by atoms with van der Waals surface area (Å²) in [6, 6.07) is 0. The van der Waals surface area contributed by atoms with Gasteiger partial charge < -0.3 is 10.2 Å². The van der Waals surface area contributed by atoms with E-state index in [1.807, 2.05) is 13.0 Å². The second-order valence-electron chi connectivity index (χ2n) is 7.40. The average Bonchev–Trinajstić information content (AvgIpc) is 2.86. The van der Waals surface area contributed by atoms with Crippen molar-refractivity contribution in [2.75, 3.05) is 0 Å². The fourth-order valence-corrected chi connectivity index (χ4v) is 4.98. The van der Waals surface area contributed by atoms with Crippen molar-refractivity contribution in [3.05, 3.63) is 34.9 Å². The van der Waals surface area contributed by atoms with Crippen LogP contribution in [0.3, 0.4) is 0 Å². The summed E-state index contributed by atoms with van der Waals surface area (Å²) in [7, 11) is 0. The van der Waals surface area contributed by atoms with Gasteiger partial charge in [0.2, 0.25) is 0 Å². The highest BCUT2D eigenvalue weighted by atomic mass is 16.3. The molecule has 2 heteroatoms. The smallest absolute Gasteiger partial charge is 0.102 e. The van der Waals surface area contributed by atoms with Gasteiger partial charge in [0.25, 0.3) is 0 Å². The molecular weight excluding hydrogens is 260 g/mol. The van der Waals surface area contributed by atoms with E-state index in [0.717, 1.165) is 12.0 Å². The number of rotatable bonds is 0. The predicted octanol–water partition coefficient (Wildman–Crippen LogP) is 3.90. The van der Waals surface area contributed by atoms with Crippen molar-refractivity contribution in [2.24, 2.45) is 11.3 Å². The fourth-order valence-electron chi connectivity index (χ4n) is 4.98. The molecule has 0 spiro atoms. The third-order valence-electron chi connectivity index (χ3n) is 6.21. The Balaban J connectivity index is 2.05. The molecule has 0 aromatic heterocycles. The fraction of sp³-hybridized carbons (Fsp3) is 0.684. The van der Waals surface area contributed by atoms with Crippen molar-refractivity contribution in [1.29, 1.82) is 0 Å². The standard InChI is InChI=1S/C19H28O2/c1-4-13-15(11-17(20)12(2)18(13)21)14-7-5-9-19(3)10-6-8-16(14)19/h4,16-18,20-21H,2,5-11H2,1,3H3. The third-order valence-corrected chi connectivity index (χ3v) is 6.21. The molecule has 0 aromatic carbocycles. The Morgan fingerprint density at radius 2 is 1.95 bits per heavy atom. The summed E-state index contributed by atoms with van der Waals surface area (Å²) >= 11 is 0. The largest absolute Gasteiger partial charge is 0.388 e. The summed E-state index contributed by atoms with van der Waals surface area (Å²) in [5.41, 5.74) is 4.76. The molecule has 0 amide bonds. The van der Waals surface area contributed by atoms with E-state index >= 15 is 0 Å². The molecule has 3 rings (SSSR count). The molecule has 3 aliphatic rings. The summed E-state index contributed by atoms with van der Waals surface area (Å²) in [4.78, 5) is 0. The van der Waals surface area contributed by atoms with Crippen molar-refractivity contribution in [3.63, 3.8) is 0 Å². The summed E-state index contributed by atoms with van der Waals surface area (Å²) in [5, 5.41) is 20.7. The van der Waals surface area contributed by atoms with E-state index in [1.54, 1.807) is 0 Å². The molecule has 0 bridgehead atoms. The lowest BCUT2D eigenvalue weighted by Gasteiger charge is -2.42. The molecule has 0 heterocycles. The SMILES string of the molecule is C=C1C(O)CC(=C2CCCC3(C)CCCC23)C(=CC)C1O. The minimum Gasteiger partial charge on any atom is -0.388 e. The van der Waals surface area contributed by atoms with Gasteiger partial charge in [-0.1, -0.05) is 31.6 Å². The van der Waals surface area contributed by atoms with Gasteiger partial charge in [-0.2, -0.15) is 0 Å². The number of aliphatic hydroxyl groups excluding tert-OH is 2. The maximum Gasteiger partial charge on any atom is 0.102 e. The van der Waals surface area contributed by atoms with Crippen molar-refractivity contribution >= 4 is 0 Å². The van der Waals surface area contributed by atoms with Gasteiger partial charge in [0.15, 0.2) is 0 Å². The zero-order valence-electron chi connectivity index (χ0n) is 13.4. The molecule has 0 aromatic rings. The quantitative estimate of drug-likeness (QED) is 0.664. The van der Waals surface area contributed by atoms with Crippen LogP contribution in [0.1, 0.15) is 58.8 Å². The van der Waals surface area contributed by atoms with Crippen LogP contribution in [-0.4, -0.2) is 22.4 Å². The van der Waals surface area contributed by atoms with Gasteiger partial charge in [-0.3, -0.25) is 0 Å². The molecule has 0 aliphatic heterocycles. The van der Waals surface area contributed by atoms with Crippen LogP contribution in [0, 0.1) is 11.3 Å². The first-order valence-corrected chi connectivity index (χ1v) is 8.41. The number of hydrogen-bond donors (Lipinski definition) is 2. The topological polar surface area (TPSA) is 40.5 Å². The Morgan fingerprint density at radius 3 is 2.67 bits per heavy atom. The minimum atomic E-state index is -0.698. The van der Waals surface area contributed by atoms with E-state index in [9.17, 15) is 10.2 Å². The van der Waals surface area contributed by atoms with Gasteiger partial charge in [0.1, 0.15) is 6.10 Å². The molecule has 3 aliphatic carbocycles. The van der Waals surface area contributed by atoms with Gasteiger partial charge in [0, 0.05) is 6.42 Å². The molecular formula is C19H28O2. The van der Waals surface area contributed by atoms with Gasteiger partial charge in [-0.25, -0.2) is 0 Å². The Labute approximate surface area is 128 Å². The molecule has 3 fully saturated rings. The van der Waals surface area contributed by atoms with E-state index in [-0.39, 0.29) is 0 Å². The van der Waals surface area contributed by atoms with E-state index in [1.165, 1.54) is 43.3 Å². The molecule has 116 valence electrons. The van der Waals surface area contributed by atoms with E-state index in [2.05, 4.69) is 13.5 Å². The number of aliphatic hydroxyl groups is 2. The first kappa shape index (κ1) is 15.1. The van der Waals surface area contributed by atoms with Crippen LogP contribution < -0.4 is 0 Å². The zero-order chi connectivity index (χ0) is 15.2. The Hall–Kier alpha value is -0.860. The predicted molar refractivity (Wildman–Crippen MR) is 85.9 cm³/mol. The maximum absolute atomic E-state index is 10.5. The Morgan fingerprint density at radius 1 is 1.24 bits per heavy atom. The van der Waals surface area contributed by atoms with Crippen molar-refractivity contribution in [2.45, 2.75) is 71.0 Å². The van der Waals surface area contributed by atoms with Crippen LogP contribution in [0.15, 0.2) is 34.9 Å². The van der Waals surface area contributed by atoms with E-state index in [4.69, 9.17) is 0 Å². The van der Waals surface area contributed by atoms with Gasteiger partial charge in [-0.05, 0) is 67.1 Å². The normalized spacial score (nSPS) is 46.0. The lowest BCUT2D eigenvalue weighted by molar-refractivity contribution is 0.144. The van der Waals surface area contributed by atoms with Crippen molar-refractivity contribution in [3.8, 4) is 0 Å². The van der Waals surface area contributed by atoms with E-state index < -0.39 is 12.2 Å². The van der Waals surface area contributed by atoms with Crippen LogP contribution in [-0.2, 0) is 0 Å². The Kier molecular flexibility index (Phi) is 3.87. The molecule has 0 radical (unpaired) electrons. The number of fused-ring (bicyclic) bond motifs is 1. The summed E-state index contributed by atoms with van der Waals surface area (Å²) in [5.74, 6) is 0.655. The first-order valence-electron chi connectivity index (χ1n) is 8.41. The highest BCUT2D eigenvalue weighted by Crippen LogP contribution is 2.56. The van der Waals surface area contributed by atoms with Crippen molar-refractivity contribution < 1.29 is 10.2 Å². The second kappa shape index (κ2) is 5.40. The summed E-state index contributed by atoms with van der Waals surface area (Å²) in [6.45, 7) is 8.30. The average molecular weight is 288 g/mol. The molecule has 2 N–H and O–H groups in total. The summed E-state index contributed by atoms with van der Waals surface area (Å²) in [6.07, 6.45) is 9.00. The Bertz CT molecular complexity index is 514. The highest BCUT2D eigenvalue weighted by Gasteiger charge is 2.44. The van der Waals surface area contributed by atoms with Crippen molar-refractivity contribution in [1.82, 2.24) is 0 Å². The molecule has 2 nitrogen and oxygen atoms in total. The molecule has 21 heavy (non-hydrogen) atoms. The van der Waals surface area contributed by atoms with Crippen LogP contribution in [0.5, 0.6) is 0 Å². The lowest BCUT2D eigenvalue weighted by atomic mass is 9.64. The van der Waals surface area contributed by atoms with Gasteiger partial charge >= 0.3 is 0 Å². The first-order chi connectivity index (χ1) is 9.98. The molecule has 4 atom stereocenters. The van der Waals surface area contributed by atoms with E-state index in [0.29, 0.717) is 23.3 Å². The molecule has 0 saturated heterocycles. The lowest BCUT2D eigenvalue weighted by Crippen LogP contribution is -2.34. The monoisotopic (exact) mass is 288 g/mol. The van der Waals surface area contributed by atoms with Gasteiger partial charge in [0.05, 0.1) is 6.10 Å². The molecule has 3 saturated carbocycles. The number of hydrogen-bond acceptors (Lipinski definition) is 2. The van der Waals surface area contributed by atoms with Crippen LogP contribution in [0.4, 0.5) is 0 Å². The zero-order valence-corrected chi connectivity index (χ0v) is 13.4. The number of allylic oxidation sites excluding steroid dienone is 2. The van der Waals surface area contributed by atoms with Crippen LogP contribution >= 0.6 is 0 Å². The van der Waals surface area contributed by atoms with Gasteiger partial charge in [-0.15, -0.1) is 0 Å². The summed E-state index contributed by atoms with van der Waals surface area (Å²) < 4.78 is 0. The van der Waals surface area contributed by atoms with Crippen LogP contribution in [0.2, 0.25) is 0 Å². The maximum atomic E-state index is 10.5. The minimum absolute atomic E-state index is 0.448. The second-order valence-corrected chi connectivity index (χ2v) is 7.40. The highest BCUT2D eigenvalue weighted by molar-refractivity contribution is 5.48. The molecule has 4 unspecified atom stereocenters. The third kappa shape index (κ3) is 2.33. The van der Waals surface area contributed by atoms with Crippen LogP contribution in [0.25, 0.3) is 0 Å².